The van der Waals surface area contributed by atoms with E-state index in [1.807, 2.05) is 0 Å². The number of benzene rings is 1. The van der Waals surface area contributed by atoms with E-state index in [1.165, 1.54) is 24.2 Å². The number of likely N-dealkylation sites (N-methyl/N-ethyl adjacent to an activating group) is 1. The summed E-state index contributed by atoms with van der Waals surface area (Å²) in [5.41, 5.74) is -2.07. The van der Waals surface area contributed by atoms with E-state index in [2.05, 4.69) is 21.8 Å². The van der Waals surface area contributed by atoms with Crippen LogP contribution in [0.1, 0.15) is 30.5 Å². The second kappa shape index (κ2) is 11.9. The molecule has 39 heavy (non-hydrogen) atoms. The molecule has 0 N–H and O–H groups in total. The number of nitrogens with zero attached hydrogens (tertiary/aromatic N) is 6. The Bertz CT molecular complexity index is 1220. The van der Waals surface area contributed by atoms with Gasteiger partial charge in [-0.15, -0.1) is 0 Å². The number of nitriles is 1. The molecule has 1 aromatic carbocycles. The van der Waals surface area contributed by atoms with Crippen molar-refractivity contribution in [2.75, 3.05) is 63.2 Å². The maximum Gasteiger partial charge on any atom is 0.419 e. The number of hydrogen-bond donors (Lipinski definition) is 0. The molecule has 0 radical (unpaired) electrons. The van der Waals surface area contributed by atoms with Crippen LogP contribution in [0.3, 0.4) is 0 Å². The molecule has 0 amide bonds. The van der Waals surface area contributed by atoms with Crippen LogP contribution < -0.4 is 14.5 Å². The minimum Gasteiger partial charge on any atom is -0.492 e. The van der Waals surface area contributed by atoms with Crippen molar-refractivity contribution in [3.63, 3.8) is 0 Å². The molecule has 1 saturated carbocycles. The lowest BCUT2D eigenvalue weighted by Gasteiger charge is -2.48. The predicted octanol–water partition coefficient (Wildman–Crippen LogP) is 3.95. The van der Waals surface area contributed by atoms with Gasteiger partial charge in [0.2, 0.25) is 0 Å². The van der Waals surface area contributed by atoms with Gasteiger partial charge in [0.05, 0.1) is 17.4 Å². The number of carbonyl (C=O) groups is 1. The summed E-state index contributed by atoms with van der Waals surface area (Å²) in [6.45, 7) is 5.45. The molecule has 0 spiro atoms. The summed E-state index contributed by atoms with van der Waals surface area (Å²) in [5.74, 6) is 0.673. The zero-order valence-corrected chi connectivity index (χ0v) is 22.8. The molecule has 1 saturated heterocycles. The van der Waals surface area contributed by atoms with E-state index in [1.54, 1.807) is 29.2 Å². The van der Waals surface area contributed by atoms with Gasteiger partial charge < -0.3 is 24.2 Å². The lowest BCUT2D eigenvalue weighted by atomic mass is 9.76. The number of thiocarbonyl (C=S) groups is 1. The number of anilines is 2. The van der Waals surface area contributed by atoms with E-state index in [-0.39, 0.29) is 10.8 Å². The molecule has 4 rings (SSSR count). The Hall–Kier alpha value is -3.27. The minimum absolute atomic E-state index is 0.0561. The van der Waals surface area contributed by atoms with Crippen LogP contribution in [0, 0.1) is 11.3 Å². The highest BCUT2D eigenvalue weighted by Crippen LogP contribution is 2.41. The number of aldehydes is 1. The van der Waals surface area contributed by atoms with E-state index in [4.69, 9.17) is 22.2 Å². The molecule has 8 nitrogen and oxygen atoms in total. The predicted molar refractivity (Wildman–Crippen MR) is 146 cm³/mol. The molecule has 12 heteroatoms. The molecule has 2 aliphatic rings. The Balaban J connectivity index is 1.52. The van der Waals surface area contributed by atoms with Gasteiger partial charge in [-0.05, 0) is 68.9 Å². The number of hydrogen-bond acceptors (Lipinski definition) is 7. The fraction of sp³-hybridized carbons (Fsp3) is 0.481. The maximum atomic E-state index is 13.5. The van der Waals surface area contributed by atoms with Gasteiger partial charge in [0.1, 0.15) is 30.3 Å². The standard InChI is InChI=1S/C27H31F3N6O2S/c1-33-10-12-35(13-11-33)14-15-38-22-6-4-20(5-7-22)36(26(19-37)8-3-9-26)25(39)34(2)21-16-23(27(28,29)30)24(17-31)32-18-21/h4-7,16,18-19H,3,8-15H2,1-2H3. The third-order valence-electron chi connectivity index (χ3n) is 7.40. The Morgan fingerprint density at radius 2 is 1.87 bits per heavy atom. The van der Waals surface area contributed by atoms with E-state index in [9.17, 15) is 18.0 Å². The highest BCUT2D eigenvalue weighted by Gasteiger charge is 2.45. The van der Waals surface area contributed by atoms with Crippen LogP contribution >= 0.6 is 12.2 Å². The van der Waals surface area contributed by atoms with Crippen LogP contribution in [-0.2, 0) is 11.0 Å². The summed E-state index contributed by atoms with van der Waals surface area (Å²) < 4.78 is 46.6. The monoisotopic (exact) mass is 560 g/mol. The van der Waals surface area contributed by atoms with Gasteiger partial charge in [0.25, 0.3) is 0 Å². The summed E-state index contributed by atoms with van der Waals surface area (Å²) in [6, 6.07) is 9.53. The van der Waals surface area contributed by atoms with Gasteiger partial charge in [0.15, 0.2) is 10.8 Å². The fourth-order valence-electron chi connectivity index (χ4n) is 4.75. The Morgan fingerprint density at radius 1 is 1.21 bits per heavy atom. The molecule has 2 aromatic rings. The molecule has 1 aliphatic heterocycles. The second-order valence-corrected chi connectivity index (χ2v) is 10.3. The Morgan fingerprint density at radius 3 is 2.41 bits per heavy atom. The van der Waals surface area contributed by atoms with Crippen molar-refractivity contribution in [3.05, 3.63) is 47.8 Å². The maximum absolute atomic E-state index is 13.5. The van der Waals surface area contributed by atoms with Gasteiger partial charge in [-0.2, -0.15) is 18.4 Å². The first-order valence-corrected chi connectivity index (χ1v) is 13.1. The molecule has 1 aliphatic carbocycles. The highest BCUT2D eigenvalue weighted by atomic mass is 32.1. The summed E-state index contributed by atoms with van der Waals surface area (Å²) in [5, 5.41) is 9.22. The van der Waals surface area contributed by atoms with Crippen molar-refractivity contribution < 1.29 is 22.7 Å². The van der Waals surface area contributed by atoms with Gasteiger partial charge in [-0.25, -0.2) is 4.98 Å². The second-order valence-electron chi connectivity index (χ2n) is 9.94. The van der Waals surface area contributed by atoms with Crippen molar-refractivity contribution in [1.82, 2.24) is 14.8 Å². The number of aromatic nitrogens is 1. The van der Waals surface area contributed by atoms with Crippen molar-refractivity contribution in [2.24, 2.45) is 0 Å². The van der Waals surface area contributed by atoms with Crippen molar-refractivity contribution >= 4 is 35.0 Å². The number of alkyl halides is 3. The van der Waals surface area contributed by atoms with E-state index < -0.39 is 23.0 Å². The SMILES string of the molecule is CN1CCN(CCOc2ccc(N(C(=S)N(C)c3cnc(C#N)c(C(F)(F)F)c3)C3(C=O)CCC3)cc2)CC1. The Kier molecular flexibility index (Phi) is 8.73. The molecular formula is C27H31F3N6O2S. The van der Waals surface area contributed by atoms with Crippen LogP contribution in [0.2, 0.25) is 0 Å². The number of halogens is 3. The summed E-state index contributed by atoms with van der Waals surface area (Å²) in [7, 11) is 3.63. The first-order chi connectivity index (χ1) is 18.6. The highest BCUT2D eigenvalue weighted by molar-refractivity contribution is 7.80. The van der Waals surface area contributed by atoms with Crippen molar-refractivity contribution in [1.29, 1.82) is 5.26 Å². The van der Waals surface area contributed by atoms with Crippen LogP contribution in [-0.4, -0.2) is 85.1 Å². The fourth-order valence-corrected chi connectivity index (χ4v) is 5.14. The lowest BCUT2D eigenvalue weighted by molar-refractivity contribution is -0.138. The quantitative estimate of drug-likeness (QED) is 0.352. The molecule has 0 bridgehead atoms. The third kappa shape index (κ3) is 6.32. The molecule has 2 fully saturated rings. The summed E-state index contributed by atoms with van der Waals surface area (Å²) >= 11 is 5.74. The van der Waals surface area contributed by atoms with Crippen LogP contribution in [0.5, 0.6) is 5.75 Å². The van der Waals surface area contributed by atoms with Crippen LogP contribution in [0.4, 0.5) is 24.5 Å². The molecule has 1 aromatic heterocycles. The third-order valence-corrected chi connectivity index (χ3v) is 7.86. The average molecular weight is 561 g/mol. The van der Waals surface area contributed by atoms with E-state index >= 15 is 0 Å². The molecular weight excluding hydrogens is 529 g/mol. The van der Waals surface area contributed by atoms with Crippen LogP contribution in [0.15, 0.2) is 36.5 Å². The van der Waals surface area contributed by atoms with E-state index in [0.717, 1.165) is 51.5 Å². The number of rotatable bonds is 8. The zero-order chi connectivity index (χ0) is 28.2. The number of ether oxygens (including phenoxy) is 1. The topological polar surface area (TPSA) is 75.9 Å². The summed E-state index contributed by atoms with van der Waals surface area (Å²) in [4.78, 5) is 23.7. The van der Waals surface area contributed by atoms with Gasteiger partial charge in [-0.1, -0.05) is 0 Å². The molecule has 0 atom stereocenters. The minimum atomic E-state index is -4.76. The van der Waals surface area contributed by atoms with Gasteiger partial charge in [0, 0.05) is 45.5 Å². The molecule has 0 unspecified atom stereocenters. The first kappa shape index (κ1) is 28.7. The zero-order valence-electron chi connectivity index (χ0n) is 21.9. The van der Waals surface area contributed by atoms with Crippen molar-refractivity contribution in [2.45, 2.75) is 31.0 Å². The number of carbonyl (C=O) groups excluding carboxylic acids is 1. The number of piperazine rings is 1. The average Bonchev–Trinajstić information content (AvgIpc) is 2.90. The Labute approximate surface area is 231 Å². The normalized spacial score (nSPS) is 17.5. The van der Waals surface area contributed by atoms with Gasteiger partial charge in [-0.3, -0.25) is 4.90 Å². The van der Waals surface area contributed by atoms with Crippen molar-refractivity contribution in [3.8, 4) is 11.8 Å². The van der Waals surface area contributed by atoms with Gasteiger partial charge >= 0.3 is 6.18 Å². The summed E-state index contributed by atoms with van der Waals surface area (Å²) in [6.07, 6.45) is -0.778. The first-order valence-electron chi connectivity index (χ1n) is 12.7. The largest absolute Gasteiger partial charge is 0.492 e. The smallest absolute Gasteiger partial charge is 0.419 e. The number of pyridine rings is 1. The van der Waals surface area contributed by atoms with Crippen LogP contribution in [0.25, 0.3) is 0 Å². The molecule has 2 heterocycles. The molecule has 208 valence electrons. The van der Waals surface area contributed by atoms with E-state index in [0.29, 0.717) is 30.9 Å². The lowest BCUT2D eigenvalue weighted by Crippen LogP contribution is -2.60.